The van der Waals surface area contributed by atoms with E-state index in [2.05, 4.69) is 15.6 Å². The molecule has 1 fully saturated rings. The van der Waals surface area contributed by atoms with Crippen LogP contribution in [0.25, 0.3) is 0 Å². The molecule has 1 aliphatic rings. The zero-order chi connectivity index (χ0) is 10.9. The first-order chi connectivity index (χ1) is 6.42. The van der Waals surface area contributed by atoms with Gasteiger partial charge in [-0.1, -0.05) is 0 Å². The summed E-state index contributed by atoms with van der Waals surface area (Å²) in [5, 5.41) is 4.32. The monoisotopic (exact) mass is 425 g/mol. The van der Waals surface area contributed by atoms with E-state index in [-0.39, 0.29) is 17.2 Å². The summed E-state index contributed by atoms with van der Waals surface area (Å²) in [6.07, 6.45) is 0. The number of halogens is 2. The molecule has 5 nitrogen and oxygen atoms in total. The van der Waals surface area contributed by atoms with Crippen LogP contribution in [0.3, 0.4) is 0 Å². The van der Waals surface area contributed by atoms with Crippen LogP contribution in [0.2, 0.25) is 0 Å². The van der Waals surface area contributed by atoms with E-state index in [1.54, 1.807) is 6.92 Å². The molecule has 0 aromatic carbocycles. The van der Waals surface area contributed by atoms with Gasteiger partial charge in [-0.25, -0.2) is 0 Å². The van der Waals surface area contributed by atoms with Crippen molar-refractivity contribution in [3.8, 4) is 0 Å². The molecule has 2 N–H and O–H groups in total. The first kappa shape index (κ1) is 12.1. The molecule has 0 bridgehead atoms. The summed E-state index contributed by atoms with van der Waals surface area (Å²) >= 11 is -1.64. The average Bonchev–Trinajstić information content (AvgIpc) is 2.12. The standard InChI is InChI=1S/C7H11I2N2O3/c1-7(9(3)8-2)4(12)10-6(14)11-5(7)13/h1-3H3,(H2,10,11,12,13,14)/q-1. The van der Waals surface area contributed by atoms with Gasteiger partial charge < -0.3 is 0 Å². The van der Waals surface area contributed by atoms with Gasteiger partial charge >= 0.3 is 96.1 Å². The number of amides is 4. The molecule has 0 atom stereocenters. The van der Waals surface area contributed by atoms with Crippen molar-refractivity contribution in [3.63, 3.8) is 0 Å². The summed E-state index contributed by atoms with van der Waals surface area (Å²) in [6.45, 7) is 1.65. The number of alkyl halides is 3. The number of imide groups is 2. The minimum atomic E-state index is -1.57. The van der Waals surface area contributed by atoms with E-state index in [4.69, 9.17) is 0 Å². The maximum absolute atomic E-state index is 11.6. The zero-order valence-electron chi connectivity index (χ0n) is 7.98. The van der Waals surface area contributed by atoms with Gasteiger partial charge in [-0.3, -0.25) is 0 Å². The van der Waals surface area contributed by atoms with Crippen molar-refractivity contribution < 1.29 is 31.6 Å². The van der Waals surface area contributed by atoms with E-state index in [0.29, 0.717) is 0 Å². The predicted octanol–water partition coefficient (Wildman–Crippen LogP) is -3.12. The summed E-state index contributed by atoms with van der Waals surface area (Å²) in [5.74, 6) is -0.832. The molecule has 0 spiro atoms. The number of barbiturate groups is 1. The van der Waals surface area contributed by atoms with E-state index in [9.17, 15) is 14.4 Å². The normalized spacial score (nSPS) is 21.6. The number of nitrogens with one attached hydrogen (secondary N) is 2. The maximum atomic E-state index is 11.6. The van der Waals surface area contributed by atoms with Gasteiger partial charge in [0.15, 0.2) is 0 Å². The van der Waals surface area contributed by atoms with Crippen LogP contribution in [-0.4, -0.2) is 31.1 Å². The summed E-state index contributed by atoms with van der Waals surface area (Å²) in [5.41, 5.74) is 0. The van der Waals surface area contributed by atoms with Crippen molar-refractivity contribution in [3.05, 3.63) is 0 Å². The Hall–Kier alpha value is 0.0700. The number of hydrogen-bond acceptors (Lipinski definition) is 3. The van der Waals surface area contributed by atoms with Gasteiger partial charge in [0.2, 0.25) is 0 Å². The number of urea groups is 1. The van der Waals surface area contributed by atoms with Gasteiger partial charge in [0.05, 0.1) is 0 Å². The molecule has 0 unspecified atom stereocenters. The van der Waals surface area contributed by atoms with Crippen molar-refractivity contribution >= 4 is 33.7 Å². The van der Waals surface area contributed by atoms with Crippen LogP contribution in [0.1, 0.15) is 6.92 Å². The van der Waals surface area contributed by atoms with E-state index in [1.807, 2.05) is 4.93 Å². The van der Waals surface area contributed by atoms with Crippen LogP contribution in [0.15, 0.2) is 0 Å². The Morgan fingerprint density at radius 3 is 2.00 bits per heavy atom. The topological polar surface area (TPSA) is 75.3 Å². The second-order valence-electron chi connectivity index (χ2n) is 2.79. The second kappa shape index (κ2) is 4.29. The van der Waals surface area contributed by atoms with Crippen LogP contribution in [0.5, 0.6) is 0 Å². The predicted molar refractivity (Wildman–Crippen MR) is 56.0 cm³/mol. The van der Waals surface area contributed by atoms with Gasteiger partial charge in [0.1, 0.15) is 0 Å². The number of carbonyl (C=O) groups excluding carboxylic acids is 3. The van der Waals surface area contributed by atoms with E-state index in [0.717, 1.165) is 0 Å². The van der Waals surface area contributed by atoms with E-state index >= 15 is 0 Å². The Morgan fingerprint density at radius 1 is 1.21 bits per heavy atom. The van der Waals surface area contributed by atoms with Gasteiger partial charge in [0.25, 0.3) is 0 Å². The summed E-state index contributed by atoms with van der Waals surface area (Å²) < 4.78 is -0.931. The molecule has 0 aromatic rings. The Labute approximate surface area is 95.4 Å². The SMILES string of the molecule is C[I-]I(C)C1(C)C(=O)NC(=O)NC1=O. The number of hydrogen-bond donors (Lipinski definition) is 2. The fourth-order valence-corrected chi connectivity index (χ4v) is 11.3. The Kier molecular flexibility index (Phi) is 3.72. The summed E-state index contributed by atoms with van der Waals surface area (Å²) in [7, 11) is 0. The van der Waals surface area contributed by atoms with Gasteiger partial charge in [0, 0.05) is 0 Å². The third-order valence-corrected chi connectivity index (χ3v) is 20.9. The Bertz CT molecular complexity index is 285. The van der Waals surface area contributed by atoms with Crippen molar-refractivity contribution in [2.45, 2.75) is 10.3 Å². The zero-order valence-corrected chi connectivity index (χ0v) is 12.3. The summed E-state index contributed by atoms with van der Waals surface area (Å²) in [6, 6.07) is -0.698. The molecule has 82 valence electrons. The van der Waals surface area contributed by atoms with Crippen molar-refractivity contribution in [2.24, 2.45) is 0 Å². The fourth-order valence-electron chi connectivity index (χ4n) is 0.955. The third kappa shape index (κ3) is 1.88. The molecule has 0 radical (unpaired) electrons. The molecule has 1 rings (SSSR count). The summed E-state index contributed by atoms with van der Waals surface area (Å²) in [4.78, 5) is 38.1. The molecule has 7 heteroatoms. The molecule has 1 heterocycles. The molecular formula is C7H11I2N2O3-. The molecule has 0 aromatic heterocycles. The minimum absolute atomic E-state index is 0.0753. The molecule has 0 aliphatic carbocycles. The average molecular weight is 425 g/mol. The fraction of sp³-hybridized carbons (Fsp3) is 0.571. The van der Waals surface area contributed by atoms with Crippen molar-refractivity contribution in [1.29, 1.82) is 0 Å². The molecule has 1 saturated heterocycles. The molecule has 4 amide bonds. The first-order valence-electron chi connectivity index (χ1n) is 3.70. The molecule has 1 aliphatic heterocycles. The van der Waals surface area contributed by atoms with Gasteiger partial charge in [-0.2, -0.15) is 0 Å². The van der Waals surface area contributed by atoms with Crippen LogP contribution >= 0.6 is 15.8 Å². The first-order valence-corrected chi connectivity index (χ1v) is 15.4. The van der Waals surface area contributed by atoms with Crippen LogP contribution in [0, 0.1) is 0 Å². The quantitative estimate of drug-likeness (QED) is 0.280. The number of rotatable bonds is 2. The van der Waals surface area contributed by atoms with Crippen LogP contribution in [0.4, 0.5) is 4.79 Å². The van der Waals surface area contributed by atoms with Crippen molar-refractivity contribution in [1.82, 2.24) is 10.6 Å². The second-order valence-corrected chi connectivity index (χ2v) is 21.7. The van der Waals surface area contributed by atoms with Gasteiger partial charge in [-0.15, -0.1) is 0 Å². The van der Waals surface area contributed by atoms with Crippen molar-refractivity contribution in [2.75, 3.05) is 9.86 Å². The van der Waals surface area contributed by atoms with Crippen LogP contribution < -0.4 is 27.9 Å². The Balaban J connectivity index is 3.01. The van der Waals surface area contributed by atoms with Gasteiger partial charge in [-0.05, 0) is 0 Å². The molecular weight excluding hydrogens is 414 g/mol. The molecule has 14 heavy (non-hydrogen) atoms. The van der Waals surface area contributed by atoms with E-state index < -0.39 is 37.1 Å². The van der Waals surface area contributed by atoms with E-state index in [1.165, 1.54) is 0 Å². The number of carbonyl (C=O) groups is 3. The van der Waals surface area contributed by atoms with Crippen LogP contribution in [-0.2, 0) is 9.59 Å². The Morgan fingerprint density at radius 2 is 1.64 bits per heavy atom. The third-order valence-electron chi connectivity index (χ3n) is 2.04. The molecule has 0 saturated carbocycles.